The monoisotopic (exact) mass is 494 g/mol. The van der Waals surface area contributed by atoms with E-state index in [9.17, 15) is 18.8 Å². The first kappa shape index (κ1) is 24.4. The minimum Gasteiger partial charge on any atom is -0.340 e. The number of halogens is 1. The van der Waals surface area contributed by atoms with E-state index in [1.807, 2.05) is 47.2 Å². The molecule has 3 amide bonds. The van der Waals surface area contributed by atoms with E-state index in [-0.39, 0.29) is 48.0 Å². The van der Waals surface area contributed by atoms with Crippen LogP contribution in [0.1, 0.15) is 0 Å². The number of piperazine rings is 1. The maximum Gasteiger partial charge on any atom is 0.247 e. The van der Waals surface area contributed by atoms with Crippen LogP contribution in [0, 0.1) is 17.7 Å². The number of nitrogens with one attached hydrogen (secondary N) is 2. The highest BCUT2D eigenvalue weighted by Crippen LogP contribution is 2.32. The summed E-state index contributed by atoms with van der Waals surface area (Å²) in [7, 11) is 1.95. The molecule has 3 aliphatic heterocycles. The van der Waals surface area contributed by atoms with Crippen LogP contribution in [-0.2, 0) is 14.4 Å². The van der Waals surface area contributed by atoms with E-state index in [2.05, 4.69) is 15.6 Å². The Hall–Kier alpha value is -3.34. The highest BCUT2D eigenvalue weighted by atomic mass is 19.1. The summed E-state index contributed by atoms with van der Waals surface area (Å²) >= 11 is 0. The second-order valence-electron chi connectivity index (χ2n) is 9.75. The van der Waals surface area contributed by atoms with Crippen molar-refractivity contribution >= 4 is 29.1 Å². The molecule has 0 radical (unpaired) electrons. The number of fused-ring (bicyclic) bond motifs is 1. The molecule has 3 heterocycles. The molecule has 3 fully saturated rings. The largest absolute Gasteiger partial charge is 0.340 e. The van der Waals surface area contributed by atoms with Crippen molar-refractivity contribution in [2.24, 2.45) is 11.8 Å². The molecule has 3 aliphatic rings. The van der Waals surface area contributed by atoms with Crippen LogP contribution in [0.2, 0.25) is 0 Å². The van der Waals surface area contributed by atoms with Gasteiger partial charge in [0.2, 0.25) is 17.7 Å². The van der Waals surface area contributed by atoms with Crippen LogP contribution < -0.4 is 15.8 Å². The Bertz CT molecular complexity index is 1110. The third kappa shape index (κ3) is 5.11. The fourth-order valence-electron chi connectivity index (χ4n) is 5.35. The molecule has 0 saturated carbocycles. The predicted molar refractivity (Wildman–Crippen MR) is 133 cm³/mol. The van der Waals surface area contributed by atoms with Gasteiger partial charge in [0.05, 0.1) is 30.1 Å². The molecule has 5 rings (SSSR count). The molecule has 9 nitrogen and oxygen atoms in total. The number of carbonyl (C=O) groups excluding carboxylic acids is 3. The number of likely N-dealkylation sites (tertiary alicyclic amines) is 1. The molecular formula is C26H31FN6O3. The third-order valence-electron chi connectivity index (χ3n) is 7.21. The summed E-state index contributed by atoms with van der Waals surface area (Å²) in [5.41, 5.74) is 4.66. The van der Waals surface area contributed by atoms with Crippen molar-refractivity contribution in [3.05, 3.63) is 60.4 Å². The number of para-hydroxylation sites is 1. The lowest BCUT2D eigenvalue weighted by molar-refractivity contribution is -0.141. The number of amides is 3. The number of nitrogens with zero attached hydrogens (tertiary/aromatic N) is 4. The van der Waals surface area contributed by atoms with E-state index < -0.39 is 0 Å². The molecular weight excluding hydrogens is 463 g/mol. The summed E-state index contributed by atoms with van der Waals surface area (Å²) in [6.07, 6.45) is 0. The predicted octanol–water partition coefficient (Wildman–Crippen LogP) is 1.01. The average molecular weight is 495 g/mol. The number of carbonyl (C=O) groups is 3. The lowest BCUT2D eigenvalue weighted by Gasteiger charge is -2.41. The molecule has 3 unspecified atom stereocenters. The molecule has 2 aromatic rings. The van der Waals surface area contributed by atoms with Crippen LogP contribution in [0.5, 0.6) is 0 Å². The van der Waals surface area contributed by atoms with Crippen LogP contribution in [0.4, 0.5) is 15.8 Å². The molecule has 36 heavy (non-hydrogen) atoms. The fourth-order valence-corrected chi connectivity index (χ4v) is 5.35. The summed E-state index contributed by atoms with van der Waals surface area (Å²) < 4.78 is 13.1. The van der Waals surface area contributed by atoms with Gasteiger partial charge in [-0.1, -0.05) is 18.2 Å². The number of benzene rings is 2. The average Bonchev–Trinajstić information content (AvgIpc) is 3.21. The van der Waals surface area contributed by atoms with Gasteiger partial charge in [-0.3, -0.25) is 19.3 Å². The van der Waals surface area contributed by atoms with Crippen molar-refractivity contribution in [2.45, 2.75) is 6.04 Å². The van der Waals surface area contributed by atoms with Gasteiger partial charge in [-0.25, -0.2) is 14.8 Å². The number of hydrogen-bond donors (Lipinski definition) is 2. The van der Waals surface area contributed by atoms with E-state index in [0.29, 0.717) is 45.0 Å². The molecule has 2 aromatic carbocycles. The van der Waals surface area contributed by atoms with Crippen LogP contribution in [0.25, 0.3) is 0 Å². The Balaban J connectivity index is 1.17. The summed E-state index contributed by atoms with van der Waals surface area (Å²) in [6.45, 7) is 3.62. The van der Waals surface area contributed by atoms with Gasteiger partial charge in [0.1, 0.15) is 5.82 Å². The number of piperidine rings is 1. The van der Waals surface area contributed by atoms with Crippen molar-refractivity contribution in [1.82, 2.24) is 20.1 Å². The molecule has 0 aromatic heterocycles. The fraction of sp³-hybridized carbons (Fsp3) is 0.423. The first-order chi connectivity index (χ1) is 17.4. The van der Waals surface area contributed by atoms with E-state index >= 15 is 0 Å². The Morgan fingerprint density at radius 3 is 2.39 bits per heavy atom. The van der Waals surface area contributed by atoms with Crippen molar-refractivity contribution in [1.29, 1.82) is 0 Å². The van der Waals surface area contributed by atoms with Gasteiger partial charge in [-0.15, -0.1) is 0 Å². The highest BCUT2D eigenvalue weighted by molar-refractivity contribution is 5.98. The Morgan fingerprint density at radius 2 is 1.69 bits per heavy atom. The summed E-state index contributed by atoms with van der Waals surface area (Å²) in [5, 5.41) is 4.37. The number of hydrazine groups is 1. The number of hydrogen-bond acceptors (Lipinski definition) is 6. The molecule has 3 saturated heterocycles. The molecule has 10 heteroatoms. The lowest BCUT2D eigenvalue weighted by atomic mass is 9.84. The molecule has 0 spiro atoms. The van der Waals surface area contributed by atoms with Crippen molar-refractivity contribution in [3.63, 3.8) is 0 Å². The minimum absolute atomic E-state index is 0.00691. The third-order valence-corrected chi connectivity index (χ3v) is 7.21. The second kappa shape index (κ2) is 10.3. The number of rotatable bonds is 5. The normalized spacial score (nSPS) is 25.1. The smallest absolute Gasteiger partial charge is 0.247 e. The Kier molecular flexibility index (Phi) is 6.99. The Labute approximate surface area is 209 Å². The summed E-state index contributed by atoms with van der Waals surface area (Å²) in [6, 6.07) is 14.9. The topological polar surface area (TPSA) is 88.2 Å². The zero-order chi connectivity index (χ0) is 25.2. The van der Waals surface area contributed by atoms with E-state index in [1.54, 1.807) is 5.01 Å². The quantitative estimate of drug-likeness (QED) is 0.645. The maximum atomic E-state index is 13.6. The van der Waals surface area contributed by atoms with E-state index in [4.69, 9.17) is 0 Å². The van der Waals surface area contributed by atoms with E-state index in [1.165, 1.54) is 24.3 Å². The van der Waals surface area contributed by atoms with Crippen LogP contribution in [0.15, 0.2) is 54.6 Å². The minimum atomic E-state index is -0.353. The van der Waals surface area contributed by atoms with Crippen molar-refractivity contribution in [2.75, 3.05) is 63.2 Å². The van der Waals surface area contributed by atoms with Crippen LogP contribution in [-0.4, -0.2) is 91.3 Å². The van der Waals surface area contributed by atoms with Gasteiger partial charge in [0.15, 0.2) is 0 Å². The van der Waals surface area contributed by atoms with Gasteiger partial charge in [0.25, 0.3) is 0 Å². The Morgan fingerprint density at radius 1 is 1.00 bits per heavy atom. The van der Waals surface area contributed by atoms with Gasteiger partial charge in [0, 0.05) is 45.0 Å². The van der Waals surface area contributed by atoms with Crippen LogP contribution in [0.3, 0.4) is 0 Å². The maximum absolute atomic E-state index is 13.6. The molecule has 190 valence electrons. The second-order valence-corrected chi connectivity index (χ2v) is 9.75. The number of anilines is 2. The lowest BCUT2D eigenvalue weighted by Crippen LogP contribution is -2.59. The summed E-state index contributed by atoms with van der Waals surface area (Å²) in [5.74, 6) is -1.11. The molecule has 3 atom stereocenters. The highest BCUT2D eigenvalue weighted by Gasteiger charge is 2.51. The first-order valence-corrected chi connectivity index (χ1v) is 12.3. The first-order valence-electron chi connectivity index (χ1n) is 12.3. The zero-order valence-corrected chi connectivity index (χ0v) is 20.3. The van der Waals surface area contributed by atoms with Gasteiger partial charge < -0.3 is 15.1 Å². The SMILES string of the molecule is CN1CC(C(=O)N2CCN(CC(=O)Nc3ccc(F)cc3)CC2)C2NN(c3ccccc3)C(=O)C2C1. The molecule has 2 N–H and O–H groups in total. The zero-order valence-electron chi connectivity index (χ0n) is 20.3. The molecule has 0 bridgehead atoms. The van der Waals surface area contributed by atoms with Crippen molar-refractivity contribution in [3.8, 4) is 0 Å². The summed E-state index contributed by atoms with van der Waals surface area (Å²) in [4.78, 5) is 45.1. The van der Waals surface area contributed by atoms with Crippen LogP contribution >= 0.6 is 0 Å². The van der Waals surface area contributed by atoms with Gasteiger partial charge >= 0.3 is 0 Å². The van der Waals surface area contributed by atoms with Gasteiger partial charge in [-0.2, -0.15) is 0 Å². The van der Waals surface area contributed by atoms with Crippen molar-refractivity contribution < 1.29 is 18.8 Å². The van der Waals surface area contributed by atoms with E-state index in [0.717, 1.165) is 5.69 Å². The van der Waals surface area contributed by atoms with Gasteiger partial charge in [-0.05, 0) is 43.4 Å². The molecule has 0 aliphatic carbocycles. The standard InChI is InChI=1S/C26H31FN6O3/c1-30-15-21(24-22(16-30)26(36)33(29-24)20-5-3-2-4-6-20)25(35)32-13-11-31(12-14-32)17-23(34)28-19-9-7-18(27)8-10-19/h2-10,21-22,24,29H,11-17H2,1H3,(H,28,34).